The van der Waals surface area contributed by atoms with Crippen molar-refractivity contribution < 1.29 is 13.2 Å². The Morgan fingerprint density at radius 3 is 2.03 bits per heavy atom. The number of halogens is 2. The lowest BCUT2D eigenvalue weighted by Crippen LogP contribution is -2.42. The number of amides is 1. The number of carbonyl (C=O) groups is 1. The van der Waals surface area contributed by atoms with Gasteiger partial charge in [-0.2, -0.15) is 0 Å². The van der Waals surface area contributed by atoms with Crippen molar-refractivity contribution in [1.82, 2.24) is 5.32 Å². The van der Waals surface area contributed by atoms with E-state index in [9.17, 15) is 13.2 Å². The van der Waals surface area contributed by atoms with Gasteiger partial charge in [0.1, 0.15) is 6.54 Å². The maximum Gasteiger partial charge on any atom is 0.264 e. The predicted molar refractivity (Wildman–Crippen MR) is 145 cm³/mol. The molecule has 0 aliphatic heterocycles. The van der Waals surface area contributed by atoms with Crippen molar-refractivity contribution in [2.75, 3.05) is 10.8 Å². The zero-order chi connectivity index (χ0) is 25.7. The highest BCUT2D eigenvalue weighted by molar-refractivity contribution is 7.92. The summed E-state index contributed by atoms with van der Waals surface area (Å²) in [6, 6.07) is 29.3. The number of aryl methyl sites for hydroxylation is 1. The summed E-state index contributed by atoms with van der Waals surface area (Å²) in [5.74, 6) is -0.491. The Kier molecular flexibility index (Phi) is 7.99. The molecule has 184 valence electrons. The predicted octanol–water partition coefficient (Wildman–Crippen LogP) is 6.40. The summed E-state index contributed by atoms with van der Waals surface area (Å²) in [6.45, 7) is 1.51. The number of hydrogen-bond acceptors (Lipinski definition) is 3. The molecule has 1 amide bonds. The molecule has 4 aromatic rings. The van der Waals surface area contributed by atoms with Crippen LogP contribution in [0.2, 0.25) is 10.0 Å². The lowest BCUT2D eigenvalue weighted by Gasteiger charge is -2.27. The zero-order valence-electron chi connectivity index (χ0n) is 19.4. The molecule has 1 atom stereocenters. The highest BCUT2D eigenvalue weighted by Gasteiger charge is 2.30. The van der Waals surface area contributed by atoms with Crippen LogP contribution in [0.3, 0.4) is 0 Å². The number of hydrogen-bond donors (Lipinski definition) is 1. The molecule has 5 nitrogen and oxygen atoms in total. The maximum atomic E-state index is 13.6. The molecule has 4 aromatic carbocycles. The lowest BCUT2D eigenvalue weighted by atomic mass is 9.98. The first-order valence-electron chi connectivity index (χ1n) is 11.2. The third-order valence-corrected chi connectivity index (χ3v) is 7.96. The SMILES string of the molecule is Cc1ccc([C@H](NC(=O)CN(c2ccc(Cl)cc2Cl)S(=O)(=O)c2ccccc2)c2ccccc2)cc1. The molecule has 0 heterocycles. The number of carbonyl (C=O) groups excluding carboxylic acids is 1. The van der Waals surface area contributed by atoms with E-state index in [4.69, 9.17) is 23.2 Å². The Morgan fingerprint density at radius 1 is 0.833 bits per heavy atom. The highest BCUT2D eigenvalue weighted by atomic mass is 35.5. The van der Waals surface area contributed by atoms with Crippen molar-refractivity contribution in [3.05, 3.63) is 130 Å². The minimum absolute atomic E-state index is 0.0435. The van der Waals surface area contributed by atoms with Crippen molar-refractivity contribution in [3.8, 4) is 0 Å². The van der Waals surface area contributed by atoms with Crippen molar-refractivity contribution in [2.45, 2.75) is 17.9 Å². The first kappa shape index (κ1) is 25.8. The Hall–Kier alpha value is -3.32. The van der Waals surface area contributed by atoms with Gasteiger partial charge in [-0.15, -0.1) is 0 Å². The molecule has 0 radical (unpaired) electrons. The third-order valence-electron chi connectivity index (χ3n) is 5.65. The maximum absolute atomic E-state index is 13.6. The van der Waals surface area contributed by atoms with Gasteiger partial charge in [0.2, 0.25) is 5.91 Å². The first-order valence-corrected chi connectivity index (χ1v) is 13.4. The number of sulfonamides is 1. The molecule has 0 spiro atoms. The molecule has 0 aliphatic rings. The fourth-order valence-electron chi connectivity index (χ4n) is 3.80. The van der Waals surface area contributed by atoms with E-state index in [1.54, 1.807) is 18.2 Å². The Morgan fingerprint density at radius 2 is 1.42 bits per heavy atom. The van der Waals surface area contributed by atoms with Gasteiger partial charge < -0.3 is 5.32 Å². The van der Waals surface area contributed by atoms with Crippen molar-refractivity contribution >= 4 is 44.8 Å². The summed E-state index contributed by atoms with van der Waals surface area (Å²) in [4.78, 5) is 13.5. The second-order valence-corrected chi connectivity index (χ2v) is 10.9. The van der Waals surface area contributed by atoms with Gasteiger partial charge in [0, 0.05) is 5.02 Å². The van der Waals surface area contributed by atoms with Crippen LogP contribution in [0.5, 0.6) is 0 Å². The van der Waals surface area contributed by atoms with Crippen LogP contribution in [0.4, 0.5) is 5.69 Å². The zero-order valence-corrected chi connectivity index (χ0v) is 21.8. The summed E-state index contributed by atoms with van der Waals surface area (Å²) in [5, 5.41) is 3.48. The van der Waals surface area contributed by atoms with E-state index in [1.165, 1.54) is 30.3 Å². The minimum atomic E-state index is -4.11. The Bertz CT molecular complexity index is 1450. The van der Waals surface area contributed by atoms with Crippen LogP contribution in [-0.2, 0) is 14.8 Å². The number of nitrogens with one attached hydrogen (secondary N) is 1. The van der Waals surface area contributed by atoms with Gasteiger partial charge in [0.15, 0.2) is 0 Å². The van der Waals surface area contributed by atoms with E-state index in [0.717, 1.165) is 21.0 Å². The van der Waals surface area contributed by atoms with Crippen LogP contribution in [0.1, 0.15) is 22.7 Å². The second kappa shape index (κ2) is 11.2. The fourth-order valence-corrected chi connectivity index (χ4v) is 5.82. The van der Waals surface area contributed by atoms with Gasteiger partial charge in [-0.1, -0.05) is 102 Å². The van der Waals surface area contributed by atoms with Crippen molar-refractivity contribution in [3.63, 3.8) is 0 Å². The molecule has 1 N–H and O–H groups in total. The van der Waals surface area contributed by atoms with Gasteiger partial charge >= 0.3 is 0 Å². The molecule has 0 aromatic heterocycles. The van der Waals surface area contributed by atoms with Crippen LogP contribution in [-0.4, -0.2) is 20.9 Å². The average molecular weight is 539 g/mol. The van der Waals surface area contributed by atoms with Crippen molar-refractivity contribution in [2.24, 2.45) is 0 Å². The van der Waals surface area contributed by atoms with Crippen LogP contribution in [0.25, 0.3) is 0 Å². The molecule has 0 saturated carbocycles. The molecule has 0 fully saturated rings. The van der Waals surface area contributed by atoms with Gasteiger partial charge in [-0.3, -0.25) is 9.10 Å². The number of anilines is 1. The Balaban J connectivity index is 1.70. The van der Waals surface area contributed by atoms with Crippen LogP contribution in [0, 0.1) is 6.92 Å². The fraction of sp³-hybridized carbons (Fsp3) is 0.107. The normalized spacial score (nSPS) is 12.1. The summed E-state index contributed by atoms with van der Waals surface area (Å²) < 4.78 is 28.3. The molecule has 4 rings (SSSR count). The van der Waals surface area contributed by atoms with Crippen LogP contribution in [0.15, 0.2) is 108 Å². The average Bonchev–Trinajstić information content (AvgIpc) is 2.88. The van der Waals surface area contributed by atoms with E-state index < -0.39 is 28.5 Å². The molecule has 0 bridgehead atoms. The smallest absolute Gasteiger partial charge is 0.264 e. The topological polar surface area (TPSA) is 66.5 Å². The minimum Gasteiger partial charge on any atom is -0.344 e. The quantitative estimate of drug-likeness (QED) is 0.282. The van der Waals surface area contributed by atoms with Crippen LogP contribution >= 0.6 is 23.2 Å². The first-order chi connectivity index (χ1) is 17.3. The summed E-state index contributed by atoms with van der Waals surface area (Å²) in [7, 11) is -4.11. The highest BCUT2D eigenvalue weighted by Crippen LogP contribution is 2.33. The van der Waals surface area contributed by atoms with Gasteiger partial charge in [-0.05, 0) is 48.4 Å². The van der Waals surface area contributed by atoms with Gasteiger partial charge in [0.25, 0.3) is 10.0 Å². The van der Waals surface area contributed by atoms with E-state index in [2.05, 4.69) is 5.32 Å². The summed E-state index contributed by atoms with van der Waals surface area (Å²) >= 11 is 12.4. The van der Waals surface area contributed by atoms with E-state index in [0.29, 0.717) is 5.02 Å². The van der Waals surface area contributed by atoms with Crippen LogP contribution < -0.4 is 9.62 Å². The number of benzene rings is 4. The number of rotatable bonds is 8. The summed E-state index contributed by atoms with van der Waals surface area (Å²) in [6.07, 6.45) is 0. The van der Waals surface area contributed by atoms with E-state index >= 15 is 0 Å². The third kappa shape index (κ3) is 5.90. The molecule has 0 saturated heterocycles. The van der Waals surface area contributed by atoms with E-state index in [-0.39, 0.29) is 15.6 Å². The van der Waals surface area contributed by atoms with Gasteiger partial charge in [0.05, 0.1) is 21.6 Å². The standard InChI is InChI=1S/C28H24Cl2N2O3S/c1-20-12-14-22(15-13-20)28(21-8-4-2-5-9-21)31-27(33)19-32(26-17-16-23(29)18-25(26)30)36(34,35)24-10-6-3-7-11-24/h2-18,28H,19H2,1H3,(H,31,33)/t28-/m1/s1. The van der Waals surface area contributed by atoms with Gasteiger partial charge in [-0.25, -0.2) is 8.42 Å². The molecule has 0 aliphatic carbocycles. The summed E-state index contributed by atoms with van der Waals surface area (Å²) in [5.41, 5.74) is 3.00. The molecular weight excluding hydrogens is 515 g/mol. The second-order valence-electron chi connectivity index (χ2n) is 8.24. The molecule has 8 heteroatoms. The molecular formula is C28H24Cl2N2O3S. The monoisotopic (exact) mass is 538 g/mol. The Labute approximate surface area is 221 Å². The molecule has 0 unspecified atom stereocenters. The van der Waals surface area contributed by atoms with E-state index in [1.807, 2.05) is 61.5 Å². The molecule has 36 heavy (non-hydrogen) atoms. The van der Waals surface area contributed by atoms with Crippen molar-refractivity contribution in [1.29, 1.82) is 0 Å². The number of nitrogens with zero attached hydrogens (tertiary/aromatic N) is 1. The lowest BCUT2D eigenvalue weighted by molar-refractivity contribution is -0.120. The largest absolute Gasteiger partial charge is 0.344 e.